The van der Waals surface area contributed by atoms with Crippen LogP contribution < -0.4 is 5.32 Å². The summed E-state index contributed by atoms with van der Waals surface area (Å²) < 4.78 is 34.3. The Kier molecular flexibility index (Phi) is 6.77. The maximum atomic E-state index is 12.8. The van der Waals surface area contributed by atoms with Crippen LogP contribution in [0.5, 0.6) is 0 Å². The highest BCUT2D eigenvalue weighted by Crippen LogP contribution is 2.24. The first-order chi connectivity index (χ1) is 13.3. The number of piperidine rings is 1. The van der Waals surface area contributed by atoms with Gasteiger partial charge in [-0.1, -0.05) is 0 Å². The Hall–Kier alpha value is -1.45. The molecule has 1 aromatic heterocycles. The average Bonchev–Trinajstić information content (AvgIpc) is 3.30. The van der Waals surface area contributed by atoms with Crippen LogP contribution in [-0.2, 0) is 26.6 Å². The van der Waals surface area contributed by atoms with Gasteiger partial charge in [-0.15, -0.1) is 0 Å². The summed E-state index contributed by atoms with van der Waals surface area (Å²) in [6, 6.07) is 0.106. The standard InChI is InChI=1S/C19H32N4O4S/c1-14(6-7-17-5-4-12-27-17)20-19(24)16-8-10-23(11-9-16)28(25,26)18-13-22(3)15(2)21-18/h13-14,16-17H,4-12H2,1-3H3,(H,20,24). The van der Waals surface area contributed by atoms with E-state index in [9.17, 15) is 13.2 Å². The number of nitrogens with one attached hydrogen (secondary N) is 1. The molecule has 2 saturated heterocycles. The fourth-order valence-corrected chi connectivity index (χ4v) is 5.38. The molecule has 9 heteroatoms. The molecule has 0 spiro atoms. The molecule has 1 N–H and O–H groups in total. The number of carbonyl (C=O) groups excluding carboxylic acids is 1. The minimum atomic E-state index is -3.60. The van der Waals surface area contributed by atoms with E-state index in [1.807, 2.05) is 6.92 Å². The third-order valence-corrected chi connectivity index (χ3v) is 7.62. The van der Waals surface area contributed by atoms with Gasteiger partial charge in [-0.2, -0.15) is 4.31 Å². The SMILES string of the molecule is Cc1nc(S(=O)(=O)N2CCC(C(=O)NC(C)CCC3CCCO3)CC2)cn1C. The topological polar surface area (TPSA) is 93.5 Å². The largest absolute Gasteiger partial charge is 0.378 e. The lowest BCUT2D eigenvalue weighted by Crippen LogP contribution is -2.45. The zero-order valence-electron chi connectivity index (χ0n) is 17.1. The van der Waals surface area contributed by atoms with Crippen LogP contribution >= 0.6 is 0 Å². The van der Waals surface area contributed by atoms with Crippen LogP contribution in [0.2, 0.25) is 0 Å². The maximum absolute atomic E-state index is 12.8. The van der Waals surface area contributed by atoms with Gasteiger partial charge in [0.05, 0.1) is 6.10 Å². The molecule has 8 nitrogen and oxygen atoms in total. The lowest BCUT2D eigenvalue weighted by molar-refractivity contribution is -0.126. The van der Waals surface area contributed by atoms with Crippen LogP contribution in [0.4, 0.5) is 0 Å². The summed E-state index contributed by atoms with van der Waals surface area (Å²) in [5.41, 5.74) is 0. The molecule has 0 saturated carbocycles. The lowest BCUT2D eigenvalue weighted by atomic mass is 9.96. The van der Waals surface area contributed by atoms with Crippen molar-refractivity contribution in [3.05, 3.63) is 12.0 Å². The Morgan fingerprint density at radius 3 is 2.64 bits per heavy atom. The molecule has 1 aromatic rings. The van der Waals surface area contributed by atoms with Gasteiger partial charge >= 0.3 is 0 Å². The lowest BCUT2D eigenvalue weighted by Gasteiger charge is -2.30. The van der Waals surface area contributed by atoms with Crippen molar-refractivity contribution in [3.63, 3.8) is 0 Å². The van der Waals surface area contributed by atoms with E-state index in [4.69, 9.17) is 4.74 Å². The summed E-state index contributed by atoms with van der Waals surface area (Å²) in [6.45, 7) is 5.34. The van der Waals surface area contributed by atoms with Crippen LogP contribution in [-0.4, -0.2) is 60.0 Å². The fraction of sp³-hybridized carbons (Fsp3) is 0.789. The van der Waals surface area contributed by atoms with E-state index in [0.29, 0.717) is 37.9 Å². The predicted octanol–water partition coefficient (Wildman–Crippen LogP) is 1.59. The molecule has 158 valence electrons. The molecule has 2 atom stereocenters. The second-order valence-electron chi connectivity index (χ2n) is 8.04. The molecule has 2 unspecified atom stereocenters. The summed E-state index contributed by atoms with van der Waals surface area (Å²) in [7, 11) is -1.82. The Bertz CT molecular complexity index is 758. The summed E-state index contributed by atoms with van der Waals surface area (Å²) >= 11 is 0. The van der Waals surface area contributed by atoms with E-state index < -0.39 is 10.0 Å². The molecule has 3 rings (SSSR count). The quantitative estimate of drug-likeness (QED) is 0.734. The van der Waals surface area contributed by atoms with Crippen molar-refractivity contribution >= 4 is 15.9 Å². The van der Waals surface area contributed by atoms with Crippen molar-refractivity contribution in [2.75, 3.05) is 19.7 Å². The minimum absolute atomic E-state index is 0.0329. The number of amides is 1. The number of aryl methyl sites for hydroxylation is 2. The van der Waals surface area contributed by atoms with E-state index in [0.717, 1.165) is 32.3 Å². The van der Waals surface area contributed by atoms with Gasteiger partial charge in [-0.25, -0.2) is 13.4 Å². The second-order valence-corrected chi connectivity index (χ2v) is 9.92. The number of imidazole rings is 1. The fourth-order valence-electron chi connectivity index (χ4n) is 3.88. The van der Waals surface area contributed by atoms with E-state index >= 15 is 0 Å². The van der Waals surface area contributed by atoms with Crippen LogP contribution in [0.15, 0.2) is 11.2 Å². The molecule has 1 amide bonds. The van der Waals surface area contributed by atoms with E-state index in [1.54, 1.807) is 24.7 Å². The van der Waals surface area contributed by atoms with Crippen molar-refractivity contribution in [2.45, 2.75) is 69.5 Å². The molecule has 2 fully saturated rings. The summed E-state index contributed by atoms with van der Waals surface area (Å²) in [4.78, 5) is 16.7. The Labute approximate surface area is 167 Å². The van der Waals surface area contributed by atoms with Gasteiger partial charge in [-0.3, -0.25) is 4.79 Å². The number of hydrogen-bond acceptors (Lipinski definition) is 5. The summed E-state index contributed by atoms with van der Waals surface area (Å²) in [5, 5.41) is 3.17. The molecule has 0 aliphatic carbocycles. The van der Waals surface area contributed by atoms with Crippen molar-refractivity contribution in [3.8, 4) is 0 Å². The first kappa shape index (κ1) is 21.3. The minimum Gasteiger partial charge on any atom is -0.378 e. The highest BCUT2D eigenvalue weighted by Gasteiger charge is 2.33. The molecular weight excluding hydrogens is 380 g/mol. The Morgan fingerprint density at radius 2 is 2.07 bits per heavy atom. The predicted molar refractivity (Wildman–Crippen MR) is 105 cm³/mol. The maximum Gasteiger partial charge on any atom is 0.262 e. The van der Waals surface area contributed by atoms with Crippen molar-refractivity contribution < 1.29 is 17.9 Å². The zero-order valence-corrected chi connectivity index (χ0v) is 17.9. The van der Waals surface area contributed by atoms with Gasteiger partial charge in [0.2, 0.25) is 5.91 Å². The number of hydrogen-bond donors (Lipinski definition) is 1. The van der Waals surface area contributed by atoms with Gasteiger partial charge in [0.1, 0.15) is 5.82 Å². The molecule has 28 heavy (non-hydrogen) atoms. The van der Waals surface area contributed by atoms with Gasteiger partial charge in [0.25, 0.3) is 10.0 Å². The van der Waals surface area contributed by atoms with Gasteiger partial charge in [0, 0.05) is 44.9 Å². The summed E-state index contributed by atoms with van der Waals surface area (Å²) in [6.07, 6.45) is 7.07. The second kappa shape index (κ2) is 8.92. The van der Waals surface area contributed by atoms with Gasteiger partial charge < -0.3 is 14.6 Å². The smallest absolute Gasteiger partial charge is 0.262 e. The number of ether oxygens (including phenoxy) is 1. The highest BCUT2D eigenvalue weighted by molar-refractivity contribution is 7.89. The number of sulfonamides is 1. The molecule has 2 aliphatic rings. The van der Waals surface area contributed by atoms with Crippen LogP contribution in [0.3, 0.4) is 0 Å². The molecule has 0 radical (unpaired) electrons. The van der Waals surface area contributed by atoms with E-state index in [2.05, 4.69) is 10.3 Å². The molecule has 0 aromatic carbocycles. The first-order valence-electron chi connectivity index (χ1n) is 10.2. The van der Waals surface area contributed by atoms with E-state index in [-0.39, 0.29) is 22.9 Å². The van der Waals surface area contributed by atoms with Crippen LogP contribution in [0.25, 0.3) is 0 Å². The zero-order chi connectivity index (χ0) is 20.3. The third kappa shape index (κ3) is 4.93. The average molecular weight is 413 g/mol. The Balaban J connectivity index is 1.46. The van der Waals surface area contributed by atoms with Gasteiger partial charge in [-0.05, 0) is 52.4 Å². The van der Waals surface area contributed by atoms with Gasteiger partial charge in [0.15, 0.2) is 5.03 Å². The number of rotatable bonds is 7. The number of aromatic nitrogens is 2. The number of carbonyl (C=O) groups is 1. The highest BCUT2D eigenvalue weighted by atomic mass is 32.2. The monoisotopic (exact) mass is 412 g/mol. The molecule has 0 bridgehead atoms. The molecular formula is C19H32N4O4S. The molecule has 3 heterocycles. The van der Waals surface area contributed by atoms with E-state index in [1.165, 1.54) is 4.31 Å². The number of nitrogens with zero attached hydrogens (tertiary/aromatic N) is 3. The van der Waals surface area contributed by atoms with Crippen molar-refractivity contribution in [1.82, 2.24) is 19.2 Å². The first-order valence-corrected chi connectivity index (χ1v) is 11.6. The Morgan fingerprint density at radius 1 is 1.36 bits per heavy atom. The van der Waals surface area contributed by atoms with Crippen molar-refractivity contribution in [2.24, 2.45) is 13.0 Å². The normalized spacial score (nSPS) is 23.0. The summed E-state index contributed by atoms with van der Waals surface area (Å²) in [5.74, 6) is 0.553. The third-order valence-electron chi connectivity index (χ3n) is 5.85. The van der Waals surface area contributed by atoms with Crippen LogP contribution in [0.1, 0.15) is 51.3 Å². The molecule has 2 aliphatic heterocycles. The van der Waals surface area contributed by atoms with Crippen molar-refractivity contribution in [1.29, 1.82) is 0 Å². The van der Waals surface area contributed by atoms with Crippen LogP contribution in [0, 0.1) is 12.8 Å².